The number of rotatable bonds is 6. The van der Waals surface area contributed by atoms with Crippen LogP contribution in [0.5, 0.6) is 5.75 Å². The third kappa shape index (κ3) is 4.11. The Labute approximate surface area is 128 Å². The van der Waals surface area contributed by atoms with Crippen LogP contribution in [0.15, 0.2) is 24.3 Å². The average Bonchev–Trinajstić information content (AvgIpc) is 2.82. The van der Waals surface area contributed by atoms with Crippen molar-refractivity contribution in [1.29, 1.82) is 0 Å². The van der Waals surface area contributed by atoms with E-state index in [4.69, 9.17) is 4.74 Å². The van der Waals surface area contributed by atoms with E-state index in [1.165, 1.54) is 0 Å². The molecule has 1 aliphatic carbocycles. The maximum Gasteiger partial charge on any atom is 0.121 e. The summed E-state index contributed by atoms with van der Waals surface area (Å²) in [5, 5.41) is 13.3. The lowest BCUT2D eigenvalue weighted by molar-refractivity contribution is 0.133. The summed E-state index contributed by atoms with van der Waals surface area (Å²) >= 11 is 0. The Hall–Kier alpha value is -1.26. The van der Waals surface area contributed by atoms with E-state index in [0.717, 1.165) is 30.7 Å². The topological polar surface area (TPSA) is 44.7 Å². The van der Waals surface area contributed by atoms with E-state index in [1.54, 1.807) is 0 Å². The summed E-state index contributed by atoms with van der Waals surface area (Å²) < 4.78 is 6.13. The fourth-order valence-corrected chi connectivity index (χ4v) is 3.14. The second-order valence-electron chi connectivity index (χ2n) is 6.61. The lowest BCUT2D eigenvalue weighted by atomic mass is 9.97. The molecule has 2 N–H and O–H groups in total. The van der Waals surface area contributed by atoms with Gasteiger partial charge in [0.1, 0.15) is 11.9 Å². The number of anilines is 1. The molecule has 2 unspecified atom stereocenters. The number of nitrogens with zero attached hydrogens (tertiary/aromatic N) is 1. The third-order valence-corrected chi connectivity index (χ3v) is 4.10. The van der Waals surface area contributed by atoms with Crippen LogP contribution in [0.2, 0.25) is 0 Å². The van der Waals surface area contributed by atoms with Gasteiger partial charge in [-0.2, -0.15) is 0 Å². The van der Waals surface area contributed by atoms with Crippen LogP contribution in [0, 0.1) is 0 Å². The number of hydrogen-bond donors (Lipinski definition) is 2. The Morgan fingerprint density at radius 3 is 2.81 bits per heavy atom. The van der Waals surface area contributed by atoms with Crippen molar-refractivity contribution in [3.63, 3.8) is 0 Å². The van der Waals surface area contributed by atoms with Gasteiger partial charge in [0.05, 0.1) is 6.61 Å². The van der Waals surface area contributed by atoms with Crippen LogP contribution < -0.4 is 15.0 Å². The second kappa shape index (κ2) is 6.67. The SMILES string of the molecule is CC(C)NC1(CO)CCC(Oc2cccc(N(C)C)c2)C1. The number of aliphatic hydroxyl groups excluding tert-OH is 1. The monoisotopic (exact) mass is 292 g/mol. The van der Waals surface area contributed by atoms with E-state index in [2.05, 4.69) is 36.2 Å². The molecule has 0 bridgehead atoms. The molecule has 1 aromatic carbocycles. The molecule has 0 spiro atoms. The predicted octanol–water partition coefficient (Wildman–Crippen LogP) is 2.41. The zero-order chi connectivity index (χ0) is 15.5. The number of hydrogen-bond acceptors (Lipinski definition) is 4. The number of aliphatic hydroxyl groups is 1. The molecule has 0 aromatic heterocycles. The maximum absolute atomic E-state index is 9.74. The highest BCUT2D eigenvalue weighted by atomic mass is 16.5. The lowest BCUT2D eigenvalue weighted by Crippen LogP contribution is -2.50. The van der Waals surface area contributed by atoms with Crippen LogP contribution in [0.1, 0.15) is 33.1 Å². The van der Waals surface area contributed by atoms with E-state index in [9.17, 15) is 5.11 Å². The largest absolute Gasteiger partial charge is 0.490 e. The minimum Gasteiger partial charge on any atom is -0.490 e. The summed E-state index contributed by atoms with van der Waals surface area (Å²) in [5.41, 5.74) is 0.956. The van der Waals surface area contributed by atoms with Gasteiger partial charge in [0, 0.05) is 43.9 Å². The average molecular weight is 292 g/mol. The molecule has 0 amide bonds. The Morgan fingerprint density at radius 2 is 2.19 bits per heavy atom. The Kier molecular flexibility index (Phi) is 5.12. The summed E-state index contributed by atoms with van der Waals surface area (Å²) in [6.07, 6.45) is 2.96. The number of nitrogens with one attached hydrogen (secondary N) is 1. The number of ether oxygens (including phenoxy) is 1. The molecule has 21 heavy (non-hydrogen) atoms. The minimum atomic E-state index is -0.183. The maximum atomic E-state index is 9.74. The van der Waals surface area contributed by atoms with E-state index >= 15 is 0 Å². The first-order valence-electron chi connectivity index (χ1n) is 7.77. The summed E-state index contributed by atoms with van der Waals surface area (Å²) in [7, 11) is 4.05. The summed E-state index contributed by atoms with van der Waals surface area (Å²) in [6, 6.07) is 8.52. The molecule has 1 saturated carbocycles. The molecule has 1 fully saturated rings. The van der Waals surface area contributed by atoms with Gasteiger partial charge < -0.3 is 20.1 Å². The highest BCUT2D eigenvalue weighted by Crippen LogP contribution is 2.33. The fourth-order valence-electron chi connectivity index (χ4n) is 3.14. The first-order chi connectivity index (χ1) is 9.94. The normalized spacial score (nSPS) is 25.3. The van der Waals surface area contributed by atoms with Crippen molar-refractivity contribution in [3.8, 4) is 5.75 Å². The summed E-state index contributed by atoms with van der Waals surface area (Å²) in [6.45, 7) is 4.40. The Morgan fingerprint density at radius 1 is 1.43 bits per heavy atom. The molecule has 1 aliphatic rings. The van der Waals surface area contributed by atoms with E-state index in [-0.39, 0.29) is 18.2 Å². The molecule has 2 rings (SSSR count). The molecular weight excluding hydrogens is 264 g/mol. The van der Waals surface area contributed by atoms with Gasteiger partial charge >= 0.3 is 0 Å². The van der Waals surface area contributed by atoms with E-state index in [1.807, 2.05) is 26.2 Å². The summed E-state index contributed by atoms with van der Waals surface area (Å²) in [5.74, 6) is 0.907. The first-order valence-corrected chi connectivity index (χ1v) is 7.77. The van der Waals surface area contributed by atoms with Crippen LogP contribution in [0.4, 0.5) is 5.69 Å². The highest BCUT2D eigenvalue weighted by Gasteiger charge is 2.40. The quantitative estimate of drug-likeness (QED) is 0.845. The van der Waals surface area contributed by atoms with Crippen molar-refractivity contribution in [1.82, 2.24) is 5.32 Å². The third-order valence-electron chi connectivity index (χ3n) is 4.10. The van der Waals surface area contributed by atoms with Crippen molar-refractivity contribution in [2.24, 2.45) is 0 Å². The van der Waals surface area contributed by atoms with Crippen molar-refractivity contribution in [2.75, 3.05) is 25.6 Å². The van der Waals surface area contributed by atoms with Crippen molar-refractivity contribution < 1.29 is 9.84 Å². The smallest absolute Gasteiger partial charge is 0.121 e. The van der Waals surface area contributed by atoms with Gasteiger partial charge in [0.25, 0.3) is 0 Å². The highest BCUT2D eigenvalue weighted by molar-refractivity contribution is 5.49. The molecular formula is C17H28N2O2. The van der Waals surface area contributed by atoms with Crippen molar-refractivity contribution in [2.45, 2.75) is 50.8 Å². The van der Waals surface area contributed by atoms with Crippen LogP contribution >= 0.6 is 0 Å². The zero-order valence-electron chi connectivity index (χ0n) is 13.6. The molecule has 2 atom stereocenters. The van der Waals surface area contributed by atoms with Gasteiger partial charge in [-0.15, -0.1) is 0 Å². The van der Waals surface area contributed by atoms with Crippen molar-refractivity contribution in [3.05, 3.63) is 24.3 Å². The predicted molar refractivity (Wildman–Crippen MR) is 87.1 cm³/mol. The van der Waals surface area contributed by atoms with Crippen LogP contribution in [0.3, 0.4) is 0 Å². The molecule has 0 saturated heterocycles. The standard InChI is InChI=1S/C17H28N2O2/c1-13(2)18-17(12-20)9-8-16(11-17)21-15-7-5-6-14(10-15)19(3)4/h5-7,10,13,16,18,20H,8-9,11-12H2,1-4H3. The van der Waals surface area contributed by atoms with Gasteiger partial charge in [-0.3, -0.25) is 0 Å². The van der Waals surface area contributed by atoms with Gasteiger partial charge in [-0.25, -0.2) is 0 Å². The van der Waals surface area contributed by atoms with Gasteiger partial charge in [-0.1, -0.05) is 19.9 Å². The van der Waals surface area contributed by atoms with E-state index < -0.39 is 0 Å². The van der Waals surface area contributed by atoms with Crippen molar-refractivity contribution >= 4 is 5.69 Å². The zero-order valence-corrected chi connectivity index (χ0v) is 13.6. The first kappa shape index (κ1) is 16.1. The molecule has 0 aliphatic heterocycles. The summed E-state index contributed by atoms with van der Waals surface area (Å²) in [4.78, 5) is 2.07. The second-order valence-corrected chi connectivity index (χ2v) is 6.61. The Balaban J connectivity index is 2.00. The molecule has 0 radical (unpaired) electrons. The van der Waals surface area contributed by atoms with Crippen LogP contribution in [-0.2, 0) is 0 Å². The van der Waals surface area contributed by atoms with Gasteiger partial charge in [-0.05, 0) is 25.0 Å². The fraction of sp³-hybridized carbons (Fsp3) is 0.647. The number of benzene rings is 1. The molecule has 1 aromatic rings. The molecule has 4 nitrogen and oxygen atoms in total. The molecule has 118 valence electrons. The van der Waals surface area contributed by atoms with Gasteiger partial charge in [0.2, 0.25) is 0 Å². The minimum absolute atomic E-state index is 0.167. The molecule has 4 heteroatoms. The van der Waals surface area contributed by atoms with Gasteiger partial charge in [0.15, 0.2) is 0 Å². The molecule has 0 heterocycles. The lowest BCUT2D eigenvalue weighted by Gasteiger charge is -2.31. The Bertz CT molecular complexity index is 462. The van der Waals surface area contributed by atoms with Crippen LogP contribution in [-0.4, -0.2) is 43.5 Å². The van der Waals surface area contributed by atoms with E-state index in [0.29, 0.717) is 6.04 Å². The van der Waals surface area contributed by atoms with Crippen LogP contribution in [0.25, 0.3) is 0 Å².